The van der Waals surface area contributed by atoms with E-state index in [-0.39, 0.29) is 17.0 Å². The number of rotatable bonds is 4. The van der Waals surface area contributed by atoms with Crippen molar-refractivity contribution in [2.75, 3.05) is 36.8 Å². The second kappa shape index (κ2) is 8.89. The molecule has 3 N–H and O–H groups in total. The largest absolute Gasteiger partial charge is 0.398 e. The first-order valence-electron chi connectivity index (χ1n) is 9.05. The van der Waals surface area contributed by atoms with Gasteiger partial charge in [-0.05, 0) is 36.4 Å². The molecule has 0 bridgehead atoms. The molecule has 8 heteroatoms. The number of nitriles is 1. The van der Waals surface area contributed by atoms with Crippen molar-refractivity contribution in [2.24, 2.45) is 0 Å². The third-order valence-corrected chi connectivity index (χ3v) is 4.66. The zero-order valence-electron chi connectivity index (χ0n) is 15.6. The first kappa shape index (κ1) is 19.9. The molecule has 0 unspecified atom stereocenters. The van der Waals surface area contributed by atoms with Gasteiger partial charge in [-0.25, -0.2) is 4.39 Å². The first-order chi connectivity index (χ1) is 14.0. The predicted octanol–water partition coefficient (Wildman–Crippen LogP) is 1.89. The smallest absolute Gasteiger partial charge is 0.266 e. The van der Waals surface area contributed by atoms with Gasteiger partial charge in [0.2, 0.25) is 0 Å². The van der Waals surface area contributed by atoms with Crippen LogP contribution in [0.5, 0.6) is 0 Å². The molecule has 29 heavy (non-hydrogen) atoms. The van der Waals surface area contributed by atoms with Crippen LogP contribution >= 0.6 is 0 Å². The summed E-state index contributed by atoms with van der Waals surface area (Å²) in [5.74, 6) is -1.25. The molecule has 1 saturated heterocycles. The van der Waals surface area contributed by atoms with E-state index in [0.717, 1.165) is 11.9 Å². The maximum atomic E-state index is 13.1. The van der Waals surface area contributed by atoms with E-state index >= 15 is 0 Å². The molecule has 0 aliphatic carbocycles. The summed E-state index contributed by atoms with van der Waals surface area (Å²) in [6.07, 6.45) is 1.11. The summed E-state index contributed by atoms with van der Waals surface area (Å²) in [7, 11) is 0. The lowest BCUT2D eigenvalue weighted by Gasteiger charge is -2.36. The monoisotopic (exact) mass is 393 g/mol. The van der Waals surface area contributed by atoms with Gasteiger partial charge in [0, 0.05) is 43.8 Å². The van der Waals surface area contributed by atoms with Gasteiger partial charge in [0.1, 0.15) is 17.5 Å². The Morgan fingerprint density at radius 3 is 2.34 bits per heavy atom. The van der Waals surface area contributed by atoms with Gasteiger partial charge < -0.3 is 20.9 Å². The predicted molar refractivity (Wildman–Crippen MR) is 107 cm³/mol. The molecule has 1 aliphatic rings. The van der Waals surface area contributed by atoms with Crippen molar-refractivity contribution in [3.63, 3.8) is 0 Å². The first-order valence-corrected chi connectivity index (χ1v) is 9.05. The number of anilines is 2. The number of hydrogen-bond acceptors (Lipinski definition) is 5. The van der Waals surface area contributed by atoms with Gasteiger partial charge in [-0.1, -0.05) is 12.1 Å². The van der Waals surface area contributed by atoms with Crippen LogP contribution in [0.4, 0.5) is 15.8 Å². The number of nitrogens with zero attached hydrogens (tertiary/aromatic N) is 3. The van der Waals surface area contributed by atoms with Crippen LogP contribution in [-0.2, 0) is 4.79 Å². The Labute approximate surface area is 167 Å². The van der Waals surface area contributed by atoms with Gasteiger partial charge in [-0.15, -0.1) is 0 Å². The maximum absolute atomic E-state index is 13.1. The normalized spacial score (nSPS) is 14.3. The van der Waals surface area contributed by atoms with E-state index in [1.807, 2.05) is 11.0 Å². The van der Waals surface area contributed by atoms with Crippen molar-refractivity contribution in [3.8, 4) is 6.07 Å². The summed E-state index contributed by atoms with van der Waals surface area (Å²) < 4.78 is 13.1. The minimum Gasteiger partial charge on any atom is -0.398 e. The maximum Gasteiger partial charge on any atom is 0.266 e. The number of nitrogens with one attached hydrogen (secondary N) is 1. The quantitative estimate of drug-likeness (QED) is 0.469. The molecule has 1 fully saturated rings. The minimum atomic E-state index is -0.496. The fourth-order valence-electron chi connectivity index (χ4n) is 3.05. The highest BCUT2D eigenvalue weighted by atomic mass is 19.1. The molecule has 7 nitrogen and oxygen atoms in total. The Kier molecular flexibility index (Phi) is 6.09. The van der Waals surface area contributed by atoms with Gasteiger partial charge >= 0.3 is 0 Å². The molecule has 0 radical (unpaired) electrons. The van der Waals surface area contributed by atoms with Crippen molar-refractivity contribution < 1.29 is 14.0 Å². The van der Waals surface area contributed by atoms with Crippen LogP contribution in [0.1, 0.15) is 10.4 Å². The molecule has 2 aromatic rings. The number of hydrogen-bond donors (Lipinski definition) is 2. The average molecular weight is 393 g/mol. The van der Waals surface area contributed by atoms with Crippen LogP contribution < -0.4 is 16.0 Å². The van der Waals surface area contributed by atoms with Crippen LogP contribution in [0.2, 0.25) is 0 Å². The van der Waals surface area contributed by atoms with Gasteiger partial charge in [0.05, 0.1) is 5.56 Å². The van der Waals surface area contributed by atoms with Gasteiger partial charge in [-0.3, -0.25) is 9.59 Å². The van der Waals surface area contributed by atoms with Gasteiger partial charge in [0.15, 0.2) is 0 Å². The van der Waals surface area contributed by atoms with Crippen LogP contribution in [-0.4, -0.2) is 42.9 Å². The second-order valence-electron chi connectivity index (χ2n) is 6.49. The molecule has 1 heterocycles. The third kappa shape index (κ3) is 4.71. The molecular formula is C21H20FN5O2. The van der Waals surface area contributed by atoms with Crippen molar-refractivity contribution in [3.05, 3.63) is 71.7 Å². The fraction of sp³-hybridized carbons (Fsp3) is 0.190. The highest BCUT2D eigenvalue weighted by molar-refractivity contribution is 6.01. The highest BCUT2D eigenvalue weighted by Crippen LogP contribution is 2.17. The SMILES string of the molecule is N#C/C(=C/NC(=O)c1ccccc1N)C(=O)N1CCN(c2ccc(F)cc2)CC1. The molecule has 0 aromatic heterocycles. The molecule has 0 saturated carbocycles. The topological polar surface area (TPSA) is 102 Å². The third-order valence-electron chi connectivity index (χ3n) is 4.66. The summed E-state index contributed by atoms with van der Waals surface area (Å²) in [6.45, 7) is 1.94. The van der Waals surface area contributed by atoms with Crippen LogP contribution in [0.25, 0.3) is 0 Å². The van der Waals surface area contributed by atoms with E-state index in [1.165, 1.54) is 12.1 Å². The zero-order valence-corrected chi connectivity index (χ0v) is 15.6. The fourth-order valence-corrected chi connectivity index (χ4v) is 3.05. The second-order valence-corrected chi connectivity index (χ2v) is 6.49. The zero-order chi connectivity index (χ0) is 20.8. The van der Waals surface area contributed by atoms with E-state index in [4.69, 9.17) is 5.73 Å². The summed E-state index contributed by atoms with van der Waals surface area (Å²) >= 11 is 0. The number of halogens is 1. The van der Waals surface area contributed by atoms with E-state index in [9.17, 15) is 19.2 Å². The Bertz CT molecular complexity index is 973. The van der Waals surface area contributed by atoms with Gasteiger partial charge in [-0.2, -0.15) is 5.26 Å². The summed E-state index contributed by atoms with van der Waals surface area (Å²) in [4.78, 5) is 28.4. The molecular weight excluding hydrogens is 373 g/mol. The van der Waals surface area contributed by atoms with Crippen molar-refractivity contribution in [1.82, 2.24) is 10.2 Å². The highest BCUT2D eigenvalue weighted by Gasteiger charge is 2.24. The molecule has 3 rings (SSSR count). The van der Waals surface area contributed by atoms with Crippen LogP contribution in [0.15, 0.2) is 60.3 Å². The summed E-state index contributed by atoms with van der Waals surface area (Å²) in [6, 6.07) is 14.5. The number of piperazine rings is 1. The molecule has 0 atom stereocenters. The molecule has 2 amide bonds. The Hall–Kier alpha value is -3.86. The van der Waals surface area contributed by atoms with Crippen molar-refractivity contribution in [1.29, 1.82) is 5.26 Å². The molecule has 1 aliphatic heterocycles. The lowest BCUT2D eigenvalue weighted by atomic mass is 10.1. The number of nitrogen functional groups attached to an aromatic ring is 1. The Balaban J connectivity index is 1.60. The number of amides is 2. The van der Waals surface area contributed by atoms with Crippen LogP contribution in [0.3, 0.4) is 0 Å². The van der Waals surface area contributed by atoms with Crippen molar-refractivity contribution in [2.45, 2.75) is 0 Å². The van der Waals surface area contributed by atoms with E-state index < -0.39 is 11.8 Å². The lowest BCUT2D eigenvalue weighted by molar-refractivity contribution is -0.127. The number of nitrogens with two attached hydrogens (primary N) is 1. The Morgan fingerprint density at radius 1 is 1.07 bits per heavy atom. The minimum absolute atomic E-state index is 0.164. The number of carbonyl (C=O) groups excluding carboxylic acids is 2. The molecule has 2 aromatic carbocycles. The average Bonchev–Trinajstić information content (AvgIpc) is 2.75. The summed E-state index contributed by atoms with van der Waals surface area (Å²) in [5, 5.41) is 11.8. The number of para-hydroxylation sites is 1. The summed E-state index contributed by atoms with van der Waals surface area (Å²) in [5.41, 5.74) is 7.04. The molecule has 148 valence electrons. The van der Waals surface area contributed by atoms with E-state index in [2.05, 4.69) is 5.32 Å². The standard InChI is InChI=1S/C21H20FN5O2/c22-16-5-7-17(8-6-16)26-9-11-27(12-10-26)21(29)15(13-23)14-25-20(28)18-3-1-2-4-19(18)24/h1-8,14H,9-12,24H2,(H,25,28)/b15-14-. The van der Waals surface area contributed by atoms with E-state index in [0.29, 0.717) is 31.9 Å². The number of carbonyl (C=O) groups is 2. The van der Waals surface area contributed by atoms with Gasteiger partial charge in [0.25, 0.3) is 11.8 Å². The van der Waals surface area contributed by atoms with E-state index in [1.54, 1.807) is 41.3 Å². The van der Waals surface area contributed by atoms with Crippen molar-refractivity contribution >= 4 is 23.2 Å². The number of benzene rings is 2. The lowest BCUT2D eigenvalue weighted by Crippen LogP contribution is -2.49. The van der Waals surface area contributed by atoms with Crippen LogP contribution in [0, 0.1) is 17.1 Å². The Morgan fingerprint density at radius 2 is 1.72 bits per heavy atom. The molecule has 0 spiro atoms.